The molecule has 0 aliphatic carbocycles. The van der Waals surface area contributed by atoms with E-state index in [0.717, 1.165) is 52.3 Å². The number of carbonyl (C=O) groups excluding carboxylic acids is 1. The van der Waals surface area contributed by atoms with Gasteiger partial charge in [0.2, 0.25) is 5.91 Å². The van der Waals surface area contributed by atoms with Crippen molar-refractivity contribution in [2.45, 2.75) is 32.4 Å². The van der Waals surface area contributed by atoms with Gasteiger partial charge in [-0.05, 0) is 19.5 Å². The number of likely N-dealkylation sites (N-methyl/N-ethyl adjacent to an activating group) is 2. The number of hydrogen-bond donors (Lipinski definition) is 1. The quantitative estimate of drug-likeness (QED) is 0.746. The number of rotatable bonds is 5. The summed E-state index contributed by atoms with van der Waals surface area (Å²) in [6.07, 6.45) is 1.11. The first-order valence-corrected chi connectivity index (χ1v) is 7.10. The highest BCUT2D eigenvalue weighted by molar-refractivity contribution is 5.84. The Morgan fingerprint density at radius 2 is 2.22 bits per heavy atom. The van der Waals surface area contributed by atoms with E-state index >= 15 is 0 Å². The molecule has 0 saturated carbocycles. The van der Waals surface area contributed by atoms with Crippen LogP contribution in [0.15, 0.2) is 0 Å². The highest BCUT2D eigenvalue weighted by atomic mass is 16.5. The fourth-order valence-corrected chi connectivity index (χ4v) is 2.78. The Labute approximate surface area is 109 Å². The summed E-state index contributed by atoms with van der Waals surface area (Å²) >= 11 is 0. The van der Waals surface area contributed by atoms with Gasteiger partial charge in [-0.25, -0.2) is 0 Å². The maximum Gasteiger partial charge on any atom is 0.239 e. The Morgan fingerprint density at radius 3 is 2.94 bits per heavy atom. The van der Waals surface area contributed by atoms with Gasteiger partial charge in [0.15, 0.2) is 0 Å². The normalized spacial score (nSPS) is 30.1. The van der Waals surface area contributed by atoms with Crippen LogP contribution < -0.4 is 5.32 Å². The molecular weight excluding hydrogens is 230 g/mol. The van der Waals surface area contributed by atoms with Gasteiger partial charge in [-0.15, -0.1) is 0 Å². The van der Waals surface area contributed by atoms with Crippen molar-refractivity contribution in [2.24, 2.45) is 0 Å². The first kappa shape index (κ1) is 13.8. The summed E-state index contributed by atoms with van der Waals surface area (Å²) in [5.74, 6) is 0.245. The molecule has 0 aromatic rings. The van der Waals surface area contributed by atoms with Crippen molar-refractivity contribution in [3.63, 3.8) is 0 Å². The number of nitrogens with zero attached hydrogens (tertiary/aromatic N) is 2. The zero-order chi connectivity index (χ0) is 13.0. The molecule has 104 valence electrons. The van der Waals surface area contributed by atoms with Crippen LogP contribution in [0.2, 0.25) is 0 Å². The largest absolute Gasteiger partial charge is 0.374 e. The molecule has 1 N–H and O–H groups in total. The fourth-order valence-electron chi connectivity index (χ4n) is 2.78. The molecule has 2 aliphatic rings. The summed E-state index contributed by atoms with van der Waals surface area (Å²) in [5.41, 5.74) is 0. The lowest BCUT2D eigenvalue weighted by atomic mass is 10.2. The second kappa shape index (κ2) is 6.50. The standard InChI is InChI=1S/C13H25N3O2/c1-3-14-12-5-6-16(13(12)17)10-11-9-15(4-2)7-8-18-11/h11-12,14H,3-10H2,1-2H3. The molecule has 18 heavy (non-hydrogen) atoms. The predicted molar refractivity (Wildman–Crippen MR) is 70.5 cm³/mol. The van der Waals surface area contributed by atoms with E-state index in [9.17, 15) is 4.79 Å². The van der Waals surface area contributed by atoms with Crippen LogP contribution in [0.1, 0.15) is 20.3 Å². The lowest BCUT2D eigenvalue weighted by Crippen LogP contribution is -2.48. The third-order valence-electron chi connectivity index (χ3n) is 3.84. The van der Waals surface area contributed by atoms with Crippen LogP contribution in [0.25, 0.3) is 0 Å². The van der Waals surface area contributed by atoms with Crippen LogP contribution in [0, 0.1) is 0 Å². The van der Waals surface area contributed by atoms with Crippen molar-refractivity contribution in [3.8, 4) is 0 Å². The average Bonchev–Trinajstić information content (AvgIpc) is 2.72. The third kappa shape index (κ3) is 3.22. The van der Waals surface area contributed by atoms with E-state index in [4.69, 9.17) is 4.74 Å². The molecule has 0 spiro atoms. The van der Waals surface area contributed by atoms with E-state index in [0.29, 0.717) is 0 Å². The molecule has 2 atom stereocenters. The smallest absolute Gasteiger partial charge is 0.239 e. The van der Waals surface area contributed by atoms with Crippen molar-refractivity contribution >= 4 is 5.91 Å². The zero-order valence-electron chi connectivity index (χ0n) is 11.5. The molecule has 2 heterocycles. The topological polar surface area (TPSA) is 44.8 Å². The van der Waals surface area contributed by atoms with Crippen LogP contribution in [0.3, 0.4) is 0 Å². The SMILES string of the molecule is CCNC1CCN(CC2CN(CC)CCO2)C1=O. The number of hydrogen-bond acceptors (Lipinski definition) is 4. The minimum absolute atomic E-state index is 0.0286. The molecule has 1 amide bonds. The van der Waals surface area contributed by atoms with Crippen molar-refractivity contribution in [2.75, 3.05) is 45.9 Å². The lowest BCUT2D eigenvalue weighted by molar-refractivity contribution is -0.132. The van der Waals surface area contributed by atoms with Gasteiger partial charge >= 0.3 is 0 Å². The monoisotopic (exact) mass is 255 g/mol. The number of nitrogens with one attached hydrogen (secondary N) is 1. The molecule has 0 radical (unpaired) electrons. The zero-order valence-corrected chi connectivity index (χ0v) is 11.5. The molecule has 0 aromatic heterocycles. The van der Waals surface area contributed by atoms with Gasteiger partial charge < -0.3 is 15.0 Å². The Bertz CT molecular complexity index is 285. The molecule has 2 unspecified atom stereocenters. The van der Waals surface area contributed by atoms with E-state index in [1.807, 2.05) is 11.8 Å². The summed E-state index contributed by atoms with van der Waals surface area (Å²) in [6.45, 7) is 10.5. The minimum Gasteiger partial charge on any atom is -0.374 e. The van der Waals surface area contributed by atoms with Crippen LogP contribution in [0.5, 0.6) is 0 Å². The predicted octanol–water partition coefficient (Wildman–Crippen LogP) is -0.0825. The molecule has 5 nitrogen and oxygen atoms in total. The summed E-state index contributed by atoms with van der Waals surface area (Å²) in [5, 5.41) is 3.24. The molecular formula is C13H25N3O2. The minimum atomic E-state index is 0.0286. The van der Waals surface area contributed by atoms with E-state index < -0.39 is 0 Å². The van der Waals surface area contributed by atoms with Crippen LogP contribution >= 0.6 is 0 Å². The van der Waals surface area contributed by atoms with E-state index in [2.05, 4.69) is 17.1 Å². The number of carbonyl (C=O) groups is 1. The second-order valence-corrected chi connectivity index (χ2v) is 5.07. The maximum atomic E-state index is 12.1. The number of amides is 1. The Hall–Kier alpha value is -0.650. The Kier molecular flexibility index (Phi) is 4.97. The Balaban J connectivity index is 1.81. The van der Waals surface area contributed by atoms with Crippen LogP contribution in [-0.4, -0.2) is 73.7 Å². The van der Waals surface area contributed by atoms with Gasteiger partial charge in [-0.2, -0.15) is 0 Å². The van der Waals surface area contributed by atoms with Crippen molar-refractivity contribution < 1.29 is 9.53 Å². The van der Waals surface area contributed by atoms with E-state index in [-0.39, 0.29) is 18.1 Å². The molecule has 0 aromatic carbocycles. The van der Waals surface area contributed by atoms with Crippen molar-refractivity contribution in [3.05, 3.63) is 0 Å². The average molecular weight is 255 g/mol. The maximum absolute atomic E-state index is 12.1. The first-order chi connectivity index (χ1) is 8.74. The summed E-state index contributed by atoms with van der Waals surface area (Å²) < 4.78 is 5.76. The van der Waals surface area contributed by atoms with E-state index in [1.165, 1.54) is 0 Å². The van der Waals surface area contributed by atoms with E-state index in [1.54, 1.807) is 0 Å². The molecule has 2 fully saturated rings. The van der Waals surface area contributed by atoms with Gasteiger partial charge in [0.25, 0.3) is 0 Å². The number of ether oxygens (including phenoxy) is 1. The first-order valence-electron chi connectivity index (χ1n) is 7.10. The van der Waals surface area contributed by atoms with Crippen LogP contribution in [-0.2, 0) is 9.53 Å². The molecule has 2 rings (SSSR count). The van der Waals surface area contributed by atoms with Gasteiger partial charge in [0.05, 0.1) is 18.8 Å². The molecule has 2 saturated heterocycles. The number of morpholine rings is 1. The fraction of sp³-hybridized carbons (Fsp3) is 0.923. The van der Waals surface area contributed by atoms with Gasteiger partial charge in [-0.3, -0.25) is 9.69 Å². The van der Waals surface area contributed by atoms with Gasteiger partial charge in [0, 0.05) is 26.2 Å². The Morgan fingerprint density at radius 1 is 1.39 bits per heavy atom. The summed E-state index contributed by atoms with van der Waals surface area (Å²) in [6, 6.07) is 0.0286. The van der Waals surface area contributed by atoms with Crippen molar-refractivity contribution in [1.82, 2.24) is 15.1 Å². The van der Waals surface area contributed by atoms with Gasteiger partial charge in [-0.1, -0.05) is 13.8 Å². The third-order valence-corrected chi connectivity index (χ3v) is 3.84. The molecule has 5 heteroatoms. The van der Waals surface area contributed by atoms with Gasteiger partial charge in [0.1, 0.15) is 0 Å². The lowest BCUT2D eigenvalue weighted by Gasteiger charge is -2.34. The molecule has 0 bridgehead atoms. The summed E-state index contributed by atoms with van der Waals surface area (Å²) in [4.78, 5) is 16.5. The number of likely N-dealkylation sites (tertiary alicyclic amines) is 1. The van der Waals surface area contributed by atoms with Crippen LogP contribution in [0.4, 0.5) is 0 Å². The highest BCUT2D eigenvalue weighted by Gasteiger charge is 2.33. The van der Waals surface area contributed by atoms with Crippen molar-refractivity contribution in [1.29, 1.82) is 0 Å². The second-order valence-electron chi connectivity index (χ2n) is 5.07. The summed E-state index contributed by atoms with van der Waals surface area (Å²) in [7, 11) is 0. The molecule has 2 aliphatic heterocycles. The highest BCUT2D eigenvalue weighted by Crippen LogP contribution is 2.14.